The van der Waals surface area contributed by atoms with Gasteiger partial charge in [-0.3, -0.25) is 0 Å². The van der Waals surface area contributed by atoms with Gasteiger partial charge < -0.3 is 0 Å². The maximum absolute atomic E-state index is 2.39. The molecule has 0 saturated heterocycles. The Bertz CT molecular complexity index is 1820. The van der Waals surface area contributed by atoms with Crippen molar-refractivity contribution in [2.45, 2.75) is 11.7 Å². The number of allylic oxidation sites excluding steroid dienone is 1. The molecule has 174 valence electrons. The Hall–Kier alpha value is -2.19. The number of thiophene rings is 5. The van der Waals surface area contributed by atoms with Gasteiger partial charge in [0.25, 0.3) is 0 Å². The molecule has 0 radical (unpaired) electrons. The molecular weight excluding hydrogens is 553 g/mol. The molecule has 36 heavy (non-hydrogen) atoms. The van der Waals surface area contributed by atoms with Crippen LogP contribution >= 0.6 is 68.4 Å². The molecule has 0 spiro atoms. The molecule has 1 aliphatic rings. The number of fused-ring (bicyclic) bond motifs is 3. The maximum Gasteiger partial charge on any atom is 0.0467 e. The summed E-state index contributed by atoms with van der Waals surface area (Å²) >= 11 is 11.4. The van der Waals surface area contributed by atoms with Crippen molar-refractivity contribution in [1.29, 1.82) is 0 Å². The third kappa shape index (κ3) is 3.74. The number of rotatable bonds is 4. The van der Waals surface area contributed by atoms with E-state index in [0.29, 0.717) is 5.25 Å². The van der Waals surface area contributed by atoms with Crippen LogP contribution in [0.3, 0.4) is 0 Å². The van der Waals surface area contributed by atoms with Crippen LogP contribution < -0.4 is 0 Å². The smallest absolute Gasteiger partial charge is 0.0467 e. The predicted octanol–water partition coefficient (Wildman–Crippen LogP) is 12.1. The van der Waals surface area contributed by atoms with Gasteiger partial charge in [-0.05, 0) is 105 Å². The number of thioether (sulfide) groups is 1. The highest BCUT2D eigenvalue weighted by Crippen LogP contribution is 2.46. The van der Waals surface area contributed by atoms with Gasteiger partial charge in [0, 0.05) is 48.8 Å². The van der Waals surface area contributed by atoms with Crippen molar-refractivity contribution >= 4 is 99.4 Å². The van der Waals surface area contributed by atoms with Gasteiger partial charge in [-0.15, -0.1) is 68.4 Å². The Morgan fingerprint density at radius 3 is 1.86 bits per heavy atom. The van der Waals surface area contributed by atoms with Crippen molar-refractivity contribution in [2.24, 2.45) is 0 Å². The van der Waals surface area contributed by atoms with E-state index in [1.165, 1.54) is 65.1 Å². The van der Waals surface area contributed by atoms with Gasteiger partial charge in [-0.25, -0.2) is 0 Å². The first-order valence-electron chi connectivity index (χ1n) is 11.7. The Balaban J connectivity index is 1.16. The van der Waals surface area contributed by atoms with E-state index in [-0.39, 0.29) is 0 Å². The molecule has 0 saturated carbocycles. The van der Waals surface area contributed by atoms with E-state index in [0.717, 1.165) is 6.42 Å². The normalized spacial score (nSPS) is 15.7. The van der Waals surface area contributed by atoms with E-state index < -0.39 is 0 Å². The minimum atomic E-state index is 0.606. The zero-order valence-electron chi connectivity index (χ0n) is 18.9. The fraction of sp³-hybridized carbons (Fsp3) is 0.0667. The van der Waals surface area contributed by atoms with Gasteiger partial charge in [0.1, 0.15) is 0 Å². The van der Waals surface area contributed by atoms with Crippen molar-refractivity contribution in [3.8, 4) is 29.3 Å². The monoisotopic (exact) mass is 570 g/mol. The van der Waals surface area contributed by atoms with E-state index >= 15 is 0 Å². The Kier molecular flexibility index (Phi) is 5.28. The van der Waals surface area contributed by atoms with Crippen LogP contribution in [0.5, 0.6) is 0 Å². The summed E-state index contributed by atoms with van der Waals surface area (Å²) in [6, 6.07) is 27.8. The minimum absolute atomic E-state index is 0.606. The molecule has 0 N–H and O–H groups in total. The van der Waals surface area contributed by atoms with Crippen LogP contribution in [0, 0.1) is 0 Å². The van der Waals surface area contributed by atoms with Crippen LogP contribution in [-0.4, -0.2) is 0 Å². The second-order valence-corrected chi connectivity index (χ2v) is 15.4. The van der Waals surface area contributed by atoms with E-state index in [4.69, 9.17) is 0 Å². The molecule has 6 heteroatoms. The lowest BCUT2D eigenvalue weighted by Gasteiger charge is -2.03. The topological polar surface area (TPSA) is 0 Å². The second kappa shape index (κ2) is 8.69. The highest BCUT2D eigenvalue weighted by molar-refractivity contribution is 8.02. The zero-order valence-corrected chi connectivity index (χ0v) is 23.8. The summed E-state index contributed by atoms with van der Waals surface area (Å²) in [6.45, 7) is 0. The lowest BCUT2D eigenvalue weighted by Crippen LogP contribution is -1.81. The van der Waals surface area contributed by atoms with E-state index in [1.54, 1.807) is 0 Å². The molecule has 7 aromatic rings. The van der Waals surface area contributed by atoms with Gasteiger partial charge in [0.15, 0.2) is 0 Å². The summed E-state index contributed by atoms with van der Waals surface area (Å²) in [4.78, 5) is 9.70. The fourth-order valence-corrected chi connectivity index (χ4v) is 11.2. The van der Waals surface area contributed by atoms with Crippen LogP contribution in [0.25, 0.3) is 60.2 Å². The largest absolute Gasteiger partial charge is 0.143 e. The molecule has 0 amide bonds. The molecule has 0 fully saturated rings. The van der Waals surface area contributed by atoms with Crippen LogP contribution in [0.1, 0.15) is 16.5 Å². The highest BCUT2D eigenvalue weighted by Gasteiger charge is 2.17. The van der Waals surface area contributed by atoms with Crippen LogP contribution in [-0.2, 0) is 0 Å². The quantitative estimate of drug-likeness (QED) is 0.203. The predicted molar refractivity (Wildman–Crippen MR) is 169 cm³/mol. The van der Waals surface area contributed by atoms with Crippen molar-refractivity contribution in [2.75, 3.05) is 0 Å². The molecule has 1 atom stereocenters. The molecule has 5 aromatic heterocycles. The SMILES string of the molecule is C1=CSC(c2ccc(-c3cc4cc5cc6sc(-c7ccc(-c8cccs8)s7)cc6cc5cc4s3)s2)C1. The third-order valence-corrected chi connectivity index (χ3v) is 13.8. The lowest BCUT2D eigenvalue weighted by atomic mass is 10.1. The zero-order chi connectivity index (χ0) is 23.6. The van der Waals surface area contributed by atoms with E-state index in [2.05, 4.69) is 89.7 Å². The van der Waals surface area contributed by atoms with E-state index in [9.17, 15) is 0 Å². The molecule has 0 bridgehead atoms. The summed E-state index contributed by atoms with van der Waals surface area (Å²) in [7, 11) is 0. The molecule has 0 nitrogen and oxygen atoms in total. The Labute approximate surface area is 233 Å². The standard InChI is InChI=1S/C30H18S6/c1-3-21(31-9-1)23-5-7-25(33-23)29-15-19-11-17-14-28-20(12-18(17)13-27(19)35-29)16-30(36-28)26-8-6-24(34-26)22-4-2-10-32-22/h1-3,5-16,22H,4H2. The molecule has 1 aliphatic heterocycles. The lowest BCUT2D eigenvalue weighted by molar-refractivity contribution is 1.02. The number of hydrogen-bond donors (Lipinski definition) is 0. The fourth-order valence-electron chi connectivity index (χ4n) is 4.81. The second-order valence-electron chi connectivity index (χ2n) is 8.92. The summed E-state index contributed by atoms with van der Waals surface area (Å²) in [5.74, 6) is 0. The molecular formula is C30H18S6. The summed E-state index contributed by atoms with van der Waals surface area (Å²) in [5, 5.41) is 10.4. The average molecular weight is 571 g/mol. The van der Waals surface area contributed by atoms with Crippen LogP contribution in [0.4, 0.5) is 0 Å². The van der Waals surface area contributed by atoms with E-state index in [1.807, 2.05) is 68.4 Å². The first kappa shape index (κ1) is 21.9. The van der Waals surface area contributed by atoms with Crippen LogP contribution in [0.2, 0.25) is 0 Å². The maximum atomic E-state index is 2.39. The highest BCUT2D eigenvalue weighted by atomic mass is 32.2. The molecule has 0 aliphatic carbocycles. The Morgan fingerprint density at radius 2 is 1.22 bits per heavy atom. The third-order valence-electron chi connectivity index (χ3n) is 6.60. The molecule has 1 unspecified atom stereocenters. The average Bonchev–Trinajstić information content (AvgIpc) is 3.70. The Morgan fingerprint density at radius 1 is 0.556 bits per heavy atom. The molecule has 8 rings (SSSR count). The van der Waals surface area contributed by atoms with Crippen molar-refractivity contribution in [1.82, 2.24) is 0 Å². The first-order valence-corrected chi connectivity index (χ1v) is 16.8. The van der Waals surface area contributed by atoms with Crippen LogP contribution in [0.15, 0.2) is 89.7 Å². The minimum Gasteiger partial charge on any atom is -0.143 e. The summed E-state index contributed by atoms with van der Waals surface area (Å²) in [6.07, 6.45) is 3.44. The van der Waals surface area contributed by atoms with Gasteiger partial charge in [0.05, 0.1) is 0 Å². The molecule has 6 heterocycles. The van der Waals surface area contributed by atoms with Crippen molar-refractivity contribution < 1.29 is 0 Å². The van der Waals surface area contributed by atoms with Gasteiger partial charge >= 0.3 is 0 Å². The van der Waals surface area contributed by atoms with Gasteiger partial charge in [0.2, 0.25) is 0 Å². The van der Waals surface area contributed by atoms with Gasteiger partial charge in [-0.2, -0.15) is 0 Å². The van der Waals surface area contributed by atoms with Crippen molar-refractivity contribution in [3.63, 3.8) is 0 Å². The first-order chi connectivity index (χ1) is 17.8. The van der Waals surface area contributed by atoms with Gasteiger partial charge in [-0.1, -0.05) is 12.1 Å². The number of benzene rings is 2. The summed E-state index contributed by atoms with van der Waals surface area (Å²) < 4.78 is 2.74. The van der Waals surface area contributed by atoms with Crippen molar-refractivity contribution in [3.05, 3.63) is 94.5 Å². The molecule has 2 aromatic carbocycles. The summed E-state index contributed by atoms with van der Waals surface area (Å²) in [5.41, 5.74) is 0. The number of hydrogen-bond acceptors (Lipinski definition) is 6.